The molecule has 5 nitrogen and oxygen atoms in total. The van der Waals surface area contributed by atoms with Gasteiger partial charge >= 0.3 is 6.01 Å². The maximum absolute atomic E-state index is 8.65. The Balaban J connectivity index is 2.35. The molecule has 0 saturated heterocycles. The highest BCUT2D eigenvalue weighted by molar-refractivity contribution is 6.31. The lowest BCUT2D eigenvalue weighted by Crippen LogP contribution is -2.11. The number of hydrogen-bond acceptors (Lipinski definition) is 5. The predicted octanol–water partition coefficient (Wildman–Crippen LogP) is 2.18. The number of rotatable bonds is 1. The van der Waals surface area contributed by atoms with E-state index in [1.807, 2.05) is 13.0 Å². The van der Waals surface area contributed by atoms with Gasteiger partial charge in [-0.05, 0) is 13.8 Å². The Morgan fingerprint density at radius 3 is 2.73 bits per heavy atom. The van der Waals surface area contributed by atoms with Gasteiger partial charge in [-0.1, -0.05) is 11.6 Å². The zero-order chi connectivity index (χ0) is 11.0. The molecule has 0 aromatic carbocycles. The van der Waals surface area contributed by atoms with Gasteiger partial charge in [-0.2, -0.15) is 10.2 Å². The SMILES string of the molecule is Cc1nc(N2[CH]OC(C#N)=C2Cl)oc1C. The third kappa shape index (κ3) is 1.53. The van der Waals surface area contributed by atoms with Crippen molar-refractivity contribution in [1.82, 2.24) is 4.98 Å². The van der Waals surface area contributed by atoms with Crippen molar-refractivity contribution in [2.45, 2.75) is 13.8 Å². The van der Waals surface area contributed by atoms with E-state index in [0.29, 0.717) is 11.8 Å². The average molecular weight is 225 g/mol. The fraction of sp³-hybridized carbons (Fsp3) is 0.222. The van der Waals surface area contributed by atoms with Crippen LogP contribution in [-0.2, 0) is 4.74 Å². The minimum Gasteiger partial charge on any atom is -0.451 e. The largest absolute Gasteiger partial charge is 0.451 e. The second-order valence-electron chi connectivity index (χ2n) is 2.96. The van der Waals surface area contributed by atoms with E-state index in [-0.39, 0.29) is 10.9 Å². The van der Waals surface area contributed by atoms with E-state index in [4.69, 9.17) is 26.0 Å². The number of halogens is 1. The Bertz CT molecular complexity index is 453. The number of aromatic nitrogens is 1. The molecule has 0 saturated carbocycles. The first-order valence-corrected chi connectivity index (χ1v) is 4.54. The van der Waals surface area contributed by atoms with E-state index in [9.17, 15) is 0 Å². The summed E-state index contributed by atoms with van der Waals surface area (Å²) in [5.74, 6) is 0.735. The molecule has 77 valence electrons. The highest BCUT2D eigenvalue weighted by atomic mass is 35.5. The van der Waals surface area contributed by atoms with E-state index in [1.165, 1.54) is 11.6 Å². The van der Waals surface area contributed by atoms with Gasteiger partial charge in [0.15, 0.2) is 5.16 Å². The number of nitriles is 1. The van der Waals surface area contributed by atoms with Crippen LogP contribution < -0.4 is 4.90 Å². The molecule has 1 radical (unpaired) electrons. The highest BCUT2D eigenvalue weighted by Crippen LogP contribution is 2.32. The Hall–Kier alpha value is -1.67. The molecule has 1 aliphatic rings. The first-order chi connectivity index (χ1) is 7.13. The molecule has 0 fully saturated rings. The standard InChI is InChI=1S/C9H7ClN3O2/c1-5-6(2)15-9(12-5)13-4-14-7(3-11)8(13)10/h4H,1-2H3. The van der Waals surface area contributed by atoms with Gasteiger partial charge in [-0.15, -0.1) is 0 Å². The molecule has 0 amide bonds. The van der Waals surface area contributed by atoms with Crippen molar-refractivity contribution in [2.24, 2.45) is 0 Å². The Labute approximate surface area is 91.5 Å². The van der Waals surface area contributed by atoms with Gasteiger partial charge in [-0.3, -0.25) is 0 Å². The van der Waals surface area contributed by atoms with E-state index < -0.39 is 0 Å². The van der Waals surface area contributed by atoms with Crippen LogP contribution in [0.4, 0.5) is 6.01 Å². The monoisotopic (exact) mass is 224 g/mol. The molecular weight excluding hydrogens is 218 g/mol. The topological polar surface area (TPSA) is 62.3 Å². The van der Waals surface area contributed by atoms with Crippen LogP contribution in [0.25, 0.3) is 0 Å². The van der Waals surface area contributed by atoms with Gasteiger partial charge in [0, 0.05) is 0 Å². The van der Waals surface area contributed by atoms with Gasteiger partial charge in [0.05, 0.1) is 5.69 Å². The number of anilines is 1. The van der Waals surface area contributed by atoms with Gasteiger partial charge in [0.2, 0.25) is 12.5 Å². The normalized spacial score (nSPS) is 15.5. The number of oxazole rings is 1. The van der Waals surface area contributed by atoms with Gasteiger partial charge in [-0.25, -0.2) is 4.90 Å². The minimum absolute atomic E-state index is 0.0326. The predicted molar refractivity (Wildman–Crippen MR) is 52.3 cm³/mol. The van der Waals surface area contributed by atoms with Crippen molar-refractivity contribution in [1.29, 1.82) is 5.26 Å². The molecule has 2 heterocycles. The van der Waals surface area contributed by atoms with E-state index in [2.05, 4.69) is 4.98 Å². The summed E-state index contributed by atoms with van der Waals surface area (Å²) in [4.78, 5) is 5.51. The zero-order valence-electron chi connectivity index (χ0n) is 8.11. The second-order valence-corrected chi connectivity index (χ2v) is 3.32. The van der Waals surface area contributed by atoms with E-state index >= 15 is 0 Å². The number of aryl methyl sites for hydroxylation is 2. The smallest absolute Gasteiger partial charge is 0.306 e. The summed E-state index contributed by atoms with van der Waals surface area (Å²) in [6, 6.07) is 2.11. The molecule has 0 aliphatic carbocycles. The third-order valence-electron chi connectivity index (χ3n) is 2.00. The number of nitrogens with zero attached hydrogens (tertiary/aromatic N) is 3. The molecule has 0 spiro atoms. The molecule has 2 rings (SSSR count). The molecule has 0 N–H and O–H groups in total. The molecule has 1 aromatic rings. The maximum atomic E-state index is 8.65. The summed E-state index contributed by atoms with van der Waals surface area (Å²) in [5.41, 5.74) is 0.772. The van der Waals surface area contributed by atoms with Crippen LogP contribution >= 0.6 is 11.6 Å². The fourth-order valence-corrected chi connectivity index (χ4v) is 1.27. The maximum Gasteiger partial charge on any atom is 0.306 e. The van der Waals surface area contributed by atoms with Gasteiger partial charge < -0.3 is 9.15 Å². The van der Waals surface area contributed by atoms with Crippen LogP contribution in [0.15, 0.2) is 15.3 Å². The number of allylic oxidation sites excluding steroid dienone is 1. The van der Waals surface area contributed by atoms with Crippen LogP contribution in [-0.4, -0.2) is 4.98 Å². The fourth-order valence-electron chi connectivity index (χ4n) is 1.07. The molecule has 1 aromatic heterocycles. The Morgan fingerprint density at radius 1 is 1.53 bits per heavy atom. The summed E-state index contributed by atoms with van der Waals surface area (Å²) in [6.45, 7) is 4.90. The van der Waals surface area contributed by atoms with Gasteiger partial charge in [0.25, 0.3) is 0 Å². The van der Waals surface area contributed by atoms with Crippen molar-refractivity contribution >= 4 is 17.6 Å². The summed E-state index contributed by atoms with van der Waals surface area (Å²) >= 11 is 5.87. The van der Waals surface area contributed by atoms with E-state index in [1.54, 1.807) is 6.92 Å². The number of hydrogen-bond donors (Lipinski definition) is 0. The Morgan fingerprint density at radius 2 is 2.27 bits per heavy atom. The van der Waals surface area contributed by atoms with Crippen LogP contribution in [0, 0.1) is 31.9 Å². The molecule has 0 unspecified atom stereocenters. The molecule has 15 heavy (non-hydrogen) atoms. The van der Waals surface area contributed by atoms with Crippen molar-refractivity contribution in [3.63, 3.8) is 0 Å². The van der Waals surface area contributed by atoms with Crippen LogP contribution in [0.5, 0.6) is 0 Å². The van der Waals surface area contributed by atoms with Crippen molar-refractivity contribution in [2.75, 3.05) is 4.90 Å². The van der Waals surface area contributed by atoms with Crippen molar-refractivity contribution in [3.05, 3.63) is 29.1 Å². The first kappa shape index (κ1) is 9.87. The highest BCUT2D eigenvalue weighted by Gasteiger charge is 2.28. The summed E-state index contributed by atoms with van der Waals surface area (Å²) in [5, 5.41) is 8.80. The van der Waals surface area contributed by atoms with E-state index in [0.717, 1.165) is 5.69 Å². The van der Waals surface area contributed by atoms with Crippen LogP contribution in [0.1, 0.15) is 11.5 Å². The summed E-state index contributed by atoms with van der Waals surface area (Å²) in [7, 11) is 0. The zero-order valence-corrected chi connectivity index (χ0v) is 8.87. The molecule has 0 bridgehead atoms. The Kier molecular flexibility index (Phi) is 2.29. The average Bonchev–Trinajstić information content (AvgIpc) is 2.71. The lowest BCUT2D eigenvalue weighted by Gasteiger charge is -2.07. The van der Waals surface area contributed by atoms with Crippen LogP contribution in [0.3, 0.4) is 0 Å². The molecule has 1 aliphatic heterocycles. The quantitative estimate of drug-likeness (QED) is 0.684. The summed E-state index contributed by atoms with van der Waals surface area (Å²) in [6.07, 6.45) is 0. The van der Waals surface area contributed by atoms with Crippen molar-refractivity contribution in [3.8, 4) is 6.07 Å². The van der Waals surface area contributed by atoms with Gasteiger partial charge in [0.1, 0.15) is 11.8 Å². The molecule has 6 heteroatoms. The minimum atomic E-state index is 0.0326. The lowest BCUT2D eigenvalue weighted by molar-refractivity contribution is 0.326. The van der Waals surface area contributed by atoms with Crippen LogP contribution in [0.2, 0.25) is 0 Å². The number of ether oxygens (including phenoxy) is 1. The third-order valence-corrected chi connectivity index (χ3v) is 2.35. The first-order valence-electron chi connectivity index (χ1n) is 4.16. The second kappa shape index (κ2) is 3.48. The van der Waals surface area contributed by atoms with Crippen molar-refractivity contribution < 1.29 is 9.15 Å². The molecular formula is C9H7ClN3O2. The molecule has 0 atom stereocenters. The lowest BCUT2D eigenvalue weighted by atomic mass is 10.4. The summed E-state index contributed by atoms with van der Waals surface area (Å²) < 4.78 is 10.3.